The summed E-state index contributed by atoms with van der Waals surface area (Å²) in [6, 6.07) is 14.2. The first-order chi connectivity index (χ1) is 29.6. The van der Waals surface area contributed by atoms with Gasteiger partial charge in [-0.1, -0.05) is 37.1 Å². The molecule has 2 aliphatic heterocycles. The van der Waals surface area contributed by atoms with Crippen LogP contribution in [-0.4, -0.2) is 127 Å². The normalized spacial score (nSPS) is 14.7. The molecule has 1 unspecified atom stereocenters. The van der Waals surface area contributed by atoms with Gasteiger partial charge < -0.3 is 44.8 Å². The lowest BCUT2D eigenvalue weighted by molar-refractivity contribution is -0.136. The number of carbonyl (C=O) groups is 6. The maximum Gasteiger partial charge on any atom is 0.266 e. The largest absolute Gasteiger partial charge is 0.483 e. The predicted molar refractivity (Wildman–Crippen MR) is 221 cm³/mol. The highest BCUT2D eigenvalue weighted by Gasteiger charge is 2.46. The van der Waals surface area contributed by atoms with Crippen LogP contribution in [0.25, 0.3) is 11.3 Å². The number of pyridine rings is 1. The molecule has 1 atom stereocenters. The van der Waals surface area contributed by atoms with Crippen molar-refractivity contribution in [1.82, 2.24) is 30.7 Å². The van der Waals surface area contributed by atoms with Crippen LogP contribution in [0.1, 0.15) is 50.8 Å². The Morgan fingerprint density at radius 1 is 0.902 bits per heavy atom. The number of ether oxygens (including phenoxy) is 5. The summed E-state index contributed by atoms with van der Waals surface area (Å²) in [7, 11) is 0. The number of carbonyl (C=O) groups excluding carboxylic acids is 6. The number of benzene rings is 2. The molecule has 4 aromatic rings. The van der Waals surface area contributed by atoms with E-state index in [0.717, 1.165) is 21.9 Å². The van der Waals surface area contributed by atoms with Crippen LogP contribution < -0.4 is 35.9 Å². The van der Waals surface area contributed by atoms with Gasteiger partial charge in [-0.05, 0) is 36.8 Å². The van der Waals surface area contributed by atoms with Gasteiger partial charge in [0, 0.05) is 47.9 Å². The predicted octanol–water partition coefficient (Wildman–Crippen LogP) is 2.42. The summed E-state index contributed by atoms with van der Waals surface area (Å²) in [5.74, 6) is -2.15. The molecule has 6 amide bonds. The van der Waals surface area contributed by atoms with Crippen LogP contribution in [-0.2, 0) is 28.6 Å². The summed E-state index contributed by atoms with van der Waals surface area (Å²) in [6.45, 7) is 3.77. The van der Waals surface area contributed by atoms with Crippen molar-refractivity contribution in [3.05, 3.63) is 77.5 Å². The molecule has 4 heterocycles. The van der Waals surface area contributed by atoms with Crippen LogP contribution in [0, 0.1) is 0 Å². The second kappa shape index (κ2) is 21.6. The van der Waals surface area contributed by atoms with Gasteiger partial charge in [0.15, 0.2) is 12.4 Å². The number of anilines is 3. The number of aromatic amines is 1. The Morgan fingerprint density at radius 3 is 2.36 bits per heavy atom. The van der Waals surface area contributed by atoms with Crippen LogP contribution in [0.3, 0.4) is 0 Å². The van der Waals surface area contributed by atoms with E-state index in [1.54, 1.807) is 30.3 Å². The molecule has 1 saturated heterocycles. The third kappa shape index (κ3) is 11.6. The molecule has 20 nitrogen and oxygen atoms in total. The van der Waals surface area contributed by atoms with Crippen molar-refractivity contribution < 1.29 is 52.5 Å². The van der Waals surface area contributed by atoms with Crippen LogP contribution in [0.15, 0.2) is 60.8 Å². The minimum absolute atomic E-state index is 0.000878. The molecule has 0 radical (unpaired) electrons. The Kier molecular flexibility index (Phi) is 15.6. The van der Waals surface area contributed by atoms with Gasteiger partial charge in [0.25, 0.3) is 23.6 Å². The lowest BCUT2D eigenvalue weighted by Gasteiger charge is -2.27. The summed E-state index contributed by atoms with van der Waals surface area (Å²) < 4.78 is 31.1. The number of amides is 6. The Morgan fingerprint density at radius 2 is 1.64 bits per heavy atom. The number of nitrogens with zero attached hydrogens (tertiary/aromatic N) is 3. The number of primary amides is 1. The highest BCUT2D eigenvalue weighted by Crippen LogP contribution is 2.34. The molecule has 0 bridgehead atoms. The summed E-state index contributed by atoms with van der Waals surface area (Å²) in [4.78, 5) is 79.9. The van der Waals surface area contributed by atoms with E-state index >= 15 is 0 Å². The third-order valence-electron chi connectivity index (χ3n) is 9.10. The van der Waals surface area contributed by atoms with E-state index in [1.165, 1.54) is 18.2 Å². The second-order valence-corrected chi connectivity index (χ2v) is 14.3. The third-order valence-corrected chi connectivity index (χ3v) is 9.77. The molecule has 1 fully saturated rings. The average molecular weight is 860 g/mol. The monoisotopic (exact) mass is 859 g/mol. The van der Waals surface area contributed by atoms with Crippen molar-refractivity contribution in [2.45, 2.75) is 25.8 Å². The molecule has 322 valence electrons. The van der Waals surface area contributed by atoms with Crippen LogP contribution in [0.4, 0.5) is 17.2 Å². The number of hydrogen-bond donors (Lipinski definition) is 6. The number of rotatable bonds is 24. The van der Waals surface area contributed by atoms with Gasteiger partial charge in [-0.25, -0.2) is 4.98 Å². The molecule has 2 aliphatic rings. The Balaban J connectivity index is 0.807. The molecular formula is C40H45N9O11S. The molecule has 7 N–H and O–H groups in total. The number of nitrogens with two attached hydrogens (primary N) is 1. The fourth-order valence-electron chi connectivity index (χ4n) is 6.25. The first-order valence-electron chi connectivity index (χ1n) is 19.3. The zero-order chi connectivity index (χ0) is 43.1. The number of hydrogen-bond acceptors (Lipinski definition) is 16. The van der Waals surface area contributed by atoms with Gasteiger partial charge in [-0.15, -0.1) is 0 Å². The second-order valence-electron chi connectivity index (χ2n) is 13.3. The fraction of sp³-hybridized carbons (Fsp3) is 0.350. The van der Waals surface area contributed by atoms with E-state index in [0.29, 0.717) is 37.1 Å². The minimum Gasteiger partial charge on any atom is -0.483 e. The van der Waals surface area contributed by atoms with Crippen molar-refractivity contribution in [2.24, 2.45) is 5.73 Å². The van der Waals surface area contributed by atoms with E-state index in [9.17, 15) is 28.8 Å². The van der Waals surface area contributed by atoms with Crippen molar-refractivity contribution in [2.75, 3.05) is 75.2 Å². The first kappa shape index (κ1) is 44.0. The Labute approximate surface area is 354 Å². The Hall–Kier alpha value is -6.55. The average Bonchev–Trinajstić information content (AvgIpc) is 3.79. The number of H-pyrrole nitrogens is 1. The molecule has 61 heavy (non-hydrogen) atoms. The quantitative estimate of drug-likeness (QED) is 0.0336. The SMILES string of the molecule is CCSNc1ccc(-c2[nH]nc(Nc3ccnc(OCCOCCOCCOCCNC(=O)COc4cccc5c4C(=O)N(C4CCC(=O)NC4=O)C5=O)c3)c2C(N)=O)cc1. The standard InChI is InChI=1S/C40H45N9O11S/c1-2-61-48-25-8-6-24(7-9-25)35-34(36(41)52)37(47-46-35)44-26-12-13-43-32(22-26)59-21-20-58-19-18-57-17-16-56-15-14-42-31(51)23-60-29-5-3-4-27-33(29)40(55)49(39(27)54)28-10-11-30(50)45-38(28)53/h3-9,12-13,22,28,48H,2,10-11,14-21,23H2,1H3,(H2,41,52)(H,42,51)(H,45,50,53)(H2,43,44,46,47). The highest BCUT2D eigenvalue weighted by atomic mass is 32.2. The van der Waals surface area contributed by atoms with Gasteiger partial charge in [0.2, 0.25) is 17.7 Å². The number of aromatic nitrogens is 3. The van der Waals surface area contributed by atoms with Crippen molar-refractivity contribution in [3.8, 4) is 22.9 Å². The van der Waals surface area contributed by atoms with Crippen LogP contribution in [0.2, 0.25) is 0 Å². The minimum atomic E-state index is -1.11. The molecule has 0 saturated carbocycles. The topological polar surface area (TPSA) is 268 Å². The van der Waals surface area contributed by atoms with Gasteiger partial charge in [-0.2, -0.15) is 5.10 Å². The summed E-state index contributed by atoms with van der Waals surface area (Å²) in [6.07, 6.45) is 1.58. The molecule has 6 rings (SSSR count). The number of imide groups is 2. The molecule has 0 spiro atoms. The summed E-state index contributed by atoms with van der Waals surface area (Å²) >= 11 is 1.58. The molecule has 21 heteroatoms. The highest BCUT2D eigenvalue weighted by molar-refractivity contribution is 8.00. The zero-order valence-electron chi connectivity index (χ0n) is 33.2. The number of nitrogens with one attached hydrogen (secondary N) is 5. The lowest BCUT2D eigenvalue weighted by Crippen LogP contribution is -2.54. The zero-order valence-corrected chi connectivity index (χ0v) is 34.0. The van der Waals surface area contributed by atoms with E-state index < -0.39 is 48.1 Å². The van der Waals surface area contributed by atoms with Gasteiger partial charge in [-0.3, -0.25) is 44.1 Å². The van der Waals surface area contributed by atoms with Crippen LogP contribution >= 0.6 is 11.9 Å². The van der Waals surface area contributed by atoms with E-state index in [2.05, 4.69) is 42.8 Å². The van der Waals surface area contributed by atoms with Crippen molar-refractivity contribution >= 4 is 64.6 Å². The maximum atomic E-state index is 13.2. The summed E-state index contributed by atoms with van der Waals surface area (Å²) in [5, 5.41) is 15.1. The maximum absolute atomic E-state index is 13.2. The fourth-order valence-corrected chi connectivity index (χ4v) is 6.70. The van der Waals surface area contributed by atoms with E-state index in [1.807, 2.05) is 24.3 Å². The number of piperidine rings is 1. The van der Waals surface area contributed by atoms with Crippen molar-refractivity contribution in [1.29, 1.82) is 0 Å². The van der Waals surface area contributed by atoms with Crippen LogP contribution in [0.5, 0.6) is 11.6 Å². The molecule has 2 aromatic heterocycles. The van der Waals surface area contributed by atoms with Gasteiger partial charge in [0.1, 0.15) is 24.0 Å². The molecule has 0 aliphatic carbocycles. The smallest absolute Gasteiger partial charge is 0.266 e. The Bertz CT molecular complexity index is 2220. The molecular weight excluding hydrogens is 815 g/mol. The lowest BCUT2D eigenvalue weighted by atomic mass is 10.0. The van der Waals surface area contributed by atoms with Crippen molar-refractivity contribution in [3.63, 3.8) is 0 Å². The first-order valence-corrected chi connectivity index (χ1v) is 20.3. The summed E-state index contributed by atoms with van der Waals surface area (Å²) in [5.41, 5.74) is 8.74. The number of fused-ring (bicyclic) bond motifs is 1. The molecule has 2 aromatic carbocycles. The van der Waals surface area contributed by atoms with Gasteiger partial charge in [0.05, 0.1) is 56.5 Å². The van der Waals surface area contributed by atoms with E-state index in [-0.39, 0.29) is 74.1 Å². The van der Waals surface area contributed by atoms with Gasteiger partial charge >= 0.3 is 0 Å². The van der Waals surface area contributed by atoms with E-state index in [4.69, 9.17) is 29.4 Å².